The Balaban J connectivity index is 0.00000220. The highest BCUT2D eigenvalue weighted by Crippen LogP contribution is 2.24. The number of benzene rings is 1. The van der Waals surface area contributed by atoms with Crippen molar-refractivity contribution in [3.63, 3.8) is 0 Å². The van der Waals surface area contributed by atoms with Crippen LogP contribution >= 0.6 is 28.3 Å². The van der Waals surface area contributed by atoms with Crippen LogP contribution in [0.5, 0.6) is 0 Å². The Labute approximate surface area is 141 Å². The fourth-order valence-electron chi connectivity index (χ4n) is 2.14. The van der Waals surface area contributed by atoms with E-state index in [-0.39, 0.29) is 12.4 Å². The minimum absolute atomic E-state index is 0. The molecule has 2 N–H and O–H groups in total. The second-order valence-electron chi connectivity index (χ2n) is 5.01. The highest BCUT2D eigenvalue weighted by molar-refractivity contribution is 9.10. The predicted molar refractivity (Wildman–Crippen MR) is 91.6 cm³/mol. The van der Waals surface area contributed by atoms with Crippen LogP contribution in [0.25, 0.3) is 0 Å². The van der Waals surface area contributed by atoms with Crippen LogP contribution in [0.4, 0.5) is 0 Å². The van der Waals surface area contributed by atoms with Gasteiger partial charge in [0.05, 0.1) is 4.90 Å². The molecular formula is C14H20BrClN2O2S. The molecule has 0 radical (unpaired) electrons. The SMILES string of the molecule is Cc1cc(S(=O)(=O)NCC2=CCNCC2)c(C)cc1Br.Cl. The highest BCUT2D eigenvalue weighted by Gasteiger charge is 2.18. The predicted octanol–water partition coefficient (Wildman–Crippen LogP) is 2.69. The van der Waals surface area contributed by atoms with Crippen LogP contribution in [0.3, 0.4) is 0 Å². The molecule has 0 aliphatic carbocycles. The van der Waals surface area contributed by atoms with Gasteiger partial charge in [0, 0.05) is 17.6 Å². The Hall–Kier alpha value is -0.400. The normalized spacial score (nSPS) is 15.3. The Morgan fingerprint density at radius 1 is 1.29 bits per heavy atom. The van der Waals surface area contributed by atoms with E-state index >= 15 is 0 Å². The molecule has 4 nitrogen and oxygen atoms in total. The monoisotopic (exact) mass is 394 g/mol. The van der Waals surface area contributed by atoms with Crippen LogP contribution in [-0.2, 0) is 10.0 Å². The summed E-state index contributed by atoms with van der Waals surface area (Å²) in [5.74, 6) is 0. The molecule has 1 aromatic rings. The van der Waals surface area contributed by atoms with Crippen molar-refractivity contribution in [1.82, 2.24) is 10.0 Å². The molecule has 0 spiro atoms. The largest absolute Gasteiger partial charge is 0.313 e. The van der Waals surface area contributed by atoms with Gasteiger partial charge in [0.1, 0.15) is 0 Å². The van der Waals surface area contributed by atoms with Crippen molar-refractivity contribution in [1.29, 1.82) is 0 Å². The van der Waals surface area contributed by atoms with Crippen LogP contribution in [-0.4, -0.2) is 28.1 Å². The molecule has 0 unspecified atom stereocenters. The van der Waals surface area contributed by atoms with Crippen molar-refractivity contribution >= 4 is 38.4 Å². The zero-order valence-corrected chi connectivity index (χ0v) is 15.3. The van der Waals surface area contributed by atoms with E-state index in [4.69, 9.17) is 0 Å². The lowest BCUT2D eigenvalue weighted by Gasteiger charge is -2.16. The summed E-state index contributed by atoms with van der Waals surface area (Å²) in [6.07, 6.45) is 2.94. The number of rotatable bonds is 4. The number of halogens is 2. The first kappa shape index (κ1) is 18.6. The van der Waals surface area contributed by atoms with E-state index in [9.17, 15) is 8.42 Å². The minimum atomic E-state index is -3.46. The number of sulfonamides is 1. The molecule has 0 atom stereocenters. The maximum atomic E-state index is 12.4. The average Bonchev–Trinajstić information content (AvgIpc) is 2.42. The summed E-state index contributed by atoms with van der Waals surface area (Å²) >= 11 is 3.42. The van der Waals surface area contributed by atoms with E-state index in [0.717, 1.165) is 40.7 Å². The van der Waals surface area contributed by atoms with E-state index in [1.54, 1.807) is 6.07 Å². The van der Waals surface area contributed by atoms with Crippen LogP contribution in [0.1, 0.15) is 17.5 Å². The zero-order chi connectivity index (χ0) is 14.8. The average molecular weight is 396 g/mol. The highest BCUT2D eigenvalue weighted by atomic mass is 79.9. The van der Waals surface area contributed by atoms with Crippen molar-refractivity contribution in [3.05, 3.63) is 39.4 Å². The van der Waals surface area contributed by atoms with Gasteiger partial charge in [0.25, 0.3) is 0 Å². The third kappa shape index (κ3) is 4.79. The third-order valence-electron chi connectivity index (χ3n) is 3.39. The number of hydrogen-bond donors (Lipinski definition) is 2. The first-order valence-corrected chi connectivity index (χ1v) is 8.83. The van der Waals surface area contributed by atoms with Gasteiger partial charge in [-0.2, -0.15) is 0 Å². The maximum absolute atomic E-state index is 12.4. The Bertz CT molecular complexity index is 645. The molecule has 0 fully saturated rings. The first-order chi connectivity index (χ1) is 9.40. The fourth-order valence-corrected chi connectivity index (χ4v) is 3.94. The van der Waals surface area contributed by atoms with Gasteiger partial charge >= 0.3 is 0 Å². The molecule has 7 heteroatoms. The van der Waals surface area contributed by atoms with E-state index in [1.807, 2.05) is 26.0 Å². The second kappa shape index (κ2) is 7.74. The molecule has 118 valence electrons. The van der Waals surface area contributed by atoms with Gasteiger partial charge in [-0.3, -0.25) is 0 Å². The van der Waals surface area contributed by atoms with E-state index in [0.29, 0.717) is 11.4 Å². The molecule has 2 rings (SSSR count). The topological polar surface area (TPSA) is 58.2 Å². The molecule has 21 heavy (non-hydrogen) atoms. The molecule has 0 saturated carbocycles. The quantitative estimate of drug-likeness (QED) is 0.771. The summed E-state index contributed by atoms with van der Waals surface area (Å²) in [5.41, 5.74) is 2.80. The van der Waals surface area contributed by atoms with Crippen molar-refractivity contribution in [2.75, 3.05) is 19.6 Å². The van der Waals surface area contributed by atoms with Crippen molar-refractivity contribution in [3.8, 4) is 0 Å². The lowest BCUT2D eigenvalue weighted by molar-refractivity contribution is 0.581. The number of nitrogens with one attached hydrogen (secondary N) is 2. The van der Waals surface area contributed by atoms with E-state index in [2.05, 4.69) is 26.0 Å². The van der Waals surface area contributed by atoms with Gasteiger partial charge in [0.15, 0.2) is 0 Å². The van der Waals surface area contributed by atoms with Crippen molar-refractivity contribution < 1.29 is 8.42 Å². The van der Waals surface area contributed by atoms with Crippen LogP contribution in [0.2, 0.25) is 0 Å². The molecule has 1 aliphatic heterocycles. The lowest BCUT2D eigenvalue weighted by Crippen LogP contribution is -2.30. The van der Waals surface area contributed by atoms with Gasteiger partial charge in [-0.05, 0) is 50.1 Å². The Morgan fingerprint density at radius 2 is 2.00 bits per heavy atom. The fraction of sp³-hybridized carbons (Fsp3) is 0.429. The molecule has 1 aliphatic rings. The van der Waals surface area contributed by atoms with Crippen LogP contribution in [0, 0.1) is 13.8 Å². The zero-order valence-electron chi connectivity index (χ0n) is 12.1. The van der Waals surface area contributed by atoms with Gasteiger partial charge in [0.2, 0.25) is 10.0 Å². The summed E-state index contributed by atoms with van der Waals surface area (Å²) < 4.78 is 28.4. The van der Waals surface area contributed by atoms with Gasteiger partial charge < -0.3 is 5.32 Å². The van der Waals surface area contributed by atoms with Crippen LogP contribution in [0.15, 0.2) is 33.2 Å². The molecule has 0 aromatic heterocycles. The molecule has 1 aromatic carbocycles. The van der Waals surface area contributed by atoms with Crippen molar-refractivity contribution in [2.45, 2.75) is 25.2 Å². The summed E-state index contributed by atoms with van der Waals surface area (Å²) in [6.45, 7) is 5.80. The van der Waals surface area contributed by atoms with Gasteiger partial charge in [-0.25, -0.2) is 13.1 Å². The van der Waals surface area contributed by atoms with Crippen LogP contribution < -0.4 is 10.0 Å². The third-order valence-corrected chi connectivity index (χ3v) is 5.79. The summed E-state index contributed by atoms with van der Waals surface area (Å²) in [7, 11) is -3.46. The Morgan fingerprint density at radius 3 is 2.62 bits per heavy atom. The molecule has 0 bridgehead atoms. The first-order valence-electron chi connectivity index (χ1n) is 6.55. The summed E-state index contributed by atoms with van der Waals surface area (Å²) in [5, 5.41) is 3.21. The molecule has 0 amide bonds. The van der Waals surface area contributed by atoms with Gasteiger partial charge in [-0.1, -0.05) is 27.6 Å². The van der Waals surface area contributed by atoms with E-state index in [1.165, 1.54) is 0 Å². The molecule has 0 saturated heterocycles. The standard InChI is InChI=1S/C14H19BrN2O2S.ClH/c1-10-8-14(11(2)7-13(10)15)20(18,19)17-9-12-3-5-16-6-4-12;/h3,7-8,16-17H,4-6,9H2,1-2H3;1H. The summed E-state index contributed by atoms with van der Waals surface area (Å²) in [6, 6.07) is 3.55. The molecule has 1 heterocycles. The van der Waals surface area contributed by atoms with Crippen molar-refractivity contribution in [2.24, 2.45) is 0 Å². The number of aryl methyl sites for hydroxylation is 2. The van der Waals surface area contributed by atoms with E-state index < -0.39 is 10.0 Å². The minimum Gasteiger partial charge on any atom is -0.313 e. The lowest BCUT2D eigenvalue weighted by atomic mass is 10.1. The molecular weight excluding hydrogens is 376 g/mol. The Kier molecular flexibility index (Phi) is 6.87. The van der Waals surface area contributed by atoms with Gasteiger partial charge in [-0.15, -0.1) is 12.4 Å². The number of hydrogen-bond acceptors (Lipinski definition) is 3. The second-order valence-corrected chi connectivity index (χ2v) is 7.60. The summed E-state index contributed by atoms with van der Waals surface area (Å²) in [4.78, 5) is 0.354. The maximum Gasteiger partial charge on any atom is 0.241 e. The smallest absolute Gasteiger partial charge is 0.241 e.